The van der Waals surface area contributed by atoms with E-state index >= 15 is 0 Å². The third-order valence-electron chi connectivity index (χ3n) is 6.14. The van der Waals surface area contributed by atoms with Crippen LogP contribution in [0.3, 0.4) is 0 Å². The highest BCUT2D eigenvalue weighted by Crippen LogP contribution is 2.34. The van der Waals surface area contributed by atoms with Crippen LogP contribution in [0.15, 0.2) is 108 Å². The summed E-state index contributed by atoms with van der Waals surface area (Å²) >= 11 is 0. The minimum absolute atomic E-state index is 0.233. The Kier molecular flexibility index (Phi) is 5.72. The van der Waals surface area contributed by atoms with Crippen LogP contribution in [0.1, 0.15) is 23.6 Å². The van der Waals surface area contributed by atoms with Gasteiger partial charge in [0.2, 0.25) is 0 Å². The standard InChI is InChI=1S/C29H26N2O2S/c1-3-22-15-18-28-26(19-22)25-11-7-8-12-27(25)31(28)29(23-9-5-4-6-10-23)20-30-34(32,33)24-16-13-21(2)14-17-24/h4-20,30H,3H2,1-2H3/b29-20-. The molecule has 0 fully saturated rings. The van der Waals surface area contributed by atoms with Gasteiger partial charge in [0, 0.05) is 22.5 Å². The van der Waals surface area contributed by atoms with Crippen molar-refractivity contribution in [3.63, 3.8) is 0 Å². The molecule has 0 saturated heterocycles. The number of aryl methyl sites for hydroxylation is 2. The largest absolute Gasteiger partial charge is 0.307 e. The molecule has 0 radical (unpaired) electrons. The van der Waals surface area contributed by atoms with Crippen LogP contribution in [0.4, 0.5) is 0 Å². The number of aromatic nitrogens is 1. The molecule has 4 nitrogen and oxygen atoms in total. The summed E-state index contributed by atoms with van der Waals surface area (Å²) in [4.78, 5) is 0.233. The molecular weight excluding hydrogens is 440 g/mol. The topological polar surface area (TPSA) is 51.1 Å². The van der Waals surface area contributed by atoms with Gasteiger partial charge in [-0.2, -0.15) is 0 Å². The van der Waals surface area contributed by atoms with Crippen molar-refractivity contribution in [2.45, 2.75) is 25.2 Å². The SMILES string of the molecule is CCc1ccc2c(c1)c1ccccc1n2/C(=C\NS(=O)(=O)c1ccc(C)cc1)c1ccccc1. The van der Waals surface area contributed by atoms with Crippen LogP contribution >= 0.6 is 0 Å². The van der Waals surface area contributed by atoms with E-state index in [1.807, 2.05) is 49.4 Å². The van der Waals surface area contributed by atoms with Gasteiger partial charge in [0.05, 0.1) is 21.6 Å². The van der Waals surface area contributed by atoms with Crippen LogP contribution in [0.2, 0.25) is 0 Å². The maximum atomic E-state index is 13.1. The van der Waals surface area contributed by atoms with E-state index in [0.29, 0.717) is 0 Å². The predicted molar refractivity (Wildman–Crippen MR) is 140 cm³/mol. The molecule has 5 heteroatoms. The van der Waals surface area contributed by atoms with Crippen LogP contribution in [0, 0.1) is 6.92 Å². The van der Waals surface area contributed by atoms with E-state index in [4.69, 9.17) is 0 Å². The van der Waals surface area contributed by atoms with Crippen LogP contribution in [0.25, 0.3) is 27.5 Å². The lowest BCUT2D eigenvalue weighted by Crippen LogP contribution is -2.19. The zero-order valence-electron chi connectivity index (χ0n) is 19.2. The molecule has 1 N–H and O–H groups in total. The van der Waals surface area contributed by atoms with Crippen molar-refractivity contribution < 1.29 is 8.42 Å². The molecule has 0 unspecified atom stereocenters. The lowest BCUT2D eigenvalue weighted by atomic mass is 10.1. The zero-order valence-corrected chi connectivity index (χ0v) is 20.0. The molecule has 4 aromatic carbocycles. The molecule has 0 saturated carbocycles. The van der Waals surface area contributed by atoms with E-state index in [2.05, 4.69) is 46.5 Å². The molecular formula is C29H26N2O2S. The van der Waals surface area contributed by atoms with Gasteiger partial charge in [0.25, 0.3) is 10.0 Å². The van der Waals surface area contributed by atoms with Gasteiger partial charge < -0.3 is 4.57 Å². The molecule has 1 heterocycles. The summed E-state index contributed by atoms with van der Waals surface area (Å²) in [5, 5.41) is 2.29. The zero-order chi connectivity index (χ0) is 23.7. The summed E-state index contributed by atoms with van der Waals surface area (Å²) in [6.45, 7) is 4.08. The van der Waals surface area contributed by atoms with Gasteiger partial charge in [-0.25, -0.2) is 8.42 Å². The van der Waals surface area contributed by atoms with Crippen molar-refractivity contribution in [3.8, 4) is 0 Å². The first-order chi connectivity index (χ1) is 16.5. The Hall–Kier alpha value is -3.83. The molecule has 5 rings (SSSR count). The fourth-order valence-electron chi connectivity index (χ4n) is 4.30. The fourth-order valence-corrected chi connectivity index (χ4v) is 5.20. The van der Waals surface area contributed by atoms with Crippen molar-refractivity contribution in [3.05, 3.63) is 120 Å². The van der Waals surface area contributed by atoms with E-state index < -0.39 is 10.0 Å². The van der Waals surface area contributed by atoms with Crippen molar-refractivity contribution in [1.29, 1.82) is 0 Å². The Morgan fingerprint density at radius 1 is 0.824 bits per heavy atom. The van der Waals surface area contributed by atoms with Gasteiger partial charge in [0.15, 0.2) is 0 Å². The van der Waals surface area contributed by atoms with Crippen molar-refractivity contribution in [1.82, 2.24) is 9.29 Å². The van der Waals surface area contributed by atoms with Crippen LogP contribution < -0.4 is 4.72 Å². The minimum Gasteiger partial charge on any atom is -0.307 e. The minimum atomic E-state index is -3.73. The van der Waals surface area contributed by atoms with Gasteiger partial charge in [-0.05, 0) is 49.2 Å². The summed E-state index contributed by atoms with van der Waals surface area (Å²) < 4.78 is 31.0. The Balaban J connectivity index is 1.73. The third kappa shape index (κ3) is 3.99. The first kappa shape index (κ1) is 22.0. The molecule has 0 amide bonds. The molecule has 0 aliphatic heterocycles. The summed E-state index contributed by atoms with van der Waals surface area (Å²) in [6, 6.07) is 31.4. The number of nitrogens with zero attached hydrogens (tertiary/aromatic N) is 1. The van der Waals surface area contributed by atoms with Crippen LogP contribution in [0.5, 0.6) is 0 Å². The van der Waals surface area contributed by atoms with Crippen molar-refractivity contribution in [2.75, 3.05) is 0 Å². The smallest absolute Gasteiger partial charge is 0.261 e. The van der Waals surface area contributed by atoms with Crippen LogP contribution in [-0.2, 0) is 16.4 Å². The van der Waals surface area contributed by atoms with Gasteiger partial charge in [-0.15, -0.1) is 0 Å². The number of para-hydroxylation sites is 1. The molecule has 1 aromatic heterocycles. The van der Waals surface area contributed by atoms with Gasteiger partial charge in [0.1, 0.15) is 0 Å². The lowest BCUT2D eigenvalue weighted by Gasteiger charge is -2.14. The molecule has 5 aromatic rings. The predicted octanol–water partition coefficient (Wildman–Crippen LogP) is 6.49. The molecule has 170 valence electrons. The Morgan fingerprint density at radius 2 is 1.50 bits per heavy atom. The first-order valence-corrected chi connectivity index (χ1v) is 12.8. The van der Waals surface area contributed by atoms with E-state index in [-0.39, 0.29) is 4.90 Å². The van der Waals surface area contributed by atoms with E-state index in [0.717, 1.165) is 45.1 Å². The first-order valence-electron chi connectivity index (χ1n) is 11.3. The molecule has 0 aliphatic carbocycles. The average molecular weight is 467 g/mol. The van der Waals surface area contributed by atoms with E-state index in [1.165, 1.54) is 5.56 Å². The second-order valence-electron chi connectivity index (χ2n) is 8.39. The number of rotatable bonds is 6. The quantitative estimate of drug-likeness (QED) is 0.311. The Bertz CT molecular complexity index is 1610. The highest BCUT2D eigenvalue weighted by molar-refractivity contribution is 7.89. The molecule has 0 bridgehead atoms. The van der Waals surface area contributed by atoms with E-state index in [9.17, 15) is 8.42 Å². The maximum absolute atomic E-state index is 13.1. The Labute approximate surface area is 200 Å². The summed E-state index contributed by atoms with van der Waals surface area (Å²) in [5.74, 6) is 0. The van der Waals surface area contributed by atoms with E-state index in [1.54, 1.807) is 30.5 Å². The second-order valence-corrected chi connectivity index (χ2v) is 10.1. The van der Waals surface area contributed by atoms with Crippen molar-refractivity contribution >= 4 is 37.5 Å². The highest BCUT2D eigenvalue weighted by Gasteiger charge is 2.17. The van der Waals surface area contributed by atoms with Gasteiger partial charge >= 0.3 is 0 Å². The van der Waals surface area contributed by atoms with Gasteiger partial charge in [-0.1, -0.05) is 79.2 Å². The number of fused-ring (bicyclic) bond motifs is 3. The molecule has 0 aliphatic rings. The maximum Gasteiger partial charge on any atom is 0.261 e. The lowest BCUT2D eigenvalue weighted by molar-refractivity contribution is 0.590. The summed E-state index contributed by atoms with van der Waals surface area (Å²) in [7, 11) is -3.73. The van der Waals surface area contributed by atoms with Gasteiger partial charge in [-0.3, -0.25) is 4.72 Å². The molecule has 0 atom stereocenters. The van der Waals surface area contributed by atoms with Crippen LogP contribution in [-0.4, -0.2) is 13.0 Å². The number of sulfonamides is 1. The summed E-state index contributed by atoms with van der Waals surface area (Å²) in [6.07, 6.45) is 2.55. The number of benzene rings is 4. The number of hydrogen-bond acceptors (Lipinski definition) is 2. The number of hydrogen-bond donors (Lipinski definition) is 1. The molecule has 0 spiro atoms. The normalized spacial score (nSPS) is 12.4. The summed E-state index contributed by atoms with van der Waals surface area (Å²) in [5.41, 5.74) is 6.00. The van der Waals surface area contributed by atoms with Crippen molar-refractivity contribution in [2.24, 2.45) is 0 Å². The third-order valence-corrected chi connectivity index (χ3v) is 7.46. The average Bonchev–Trinajstić information content (AvgIpc) is 3.19. The highest BCUT2D eigenvalue weighted by atomic mass is 32.2. The Morgan fingerprint density at radius 3 is 2.24 bits per heavy atom. The molecule has 34 heavy (non-hydrogen) atoms. The second kappa shape index (κ2) is 8.84. The number of nitrogens with one attached hydrogen (secondary N) is 1. The monoisotopic (exact) mass is 466 g/mol. The fraction of sp³-hybridized carbons (Fsp3) is 0.103.